The number of nitrogens with one attached hydrogen (secondary N) is 3. The summed E-state index contributed by atoms with van der Waals surface area (Å²) in [6.45, 7) is 0. The van der Waals surface area contributed by atoms with Crippen molar-refractivity contribution in [1.29, 1.82) is 0 Å². The number of alkyl halides is 3. The van der Waals surface area contributed by atoms with Gasteiger partial charge in [0.25, 0.3) is 0 Å². The second-order valence-electron chi connectivity index (χ2n) is 8.48. The molecule has 4 rings (SSSR count). The maximum absolute atomic E-state index is 12.7. The highest BCUT2D eigenvalue weighted by atomic mass is 32.3. The van der Waals surface area contributed by atoms with Crippen LogP contribution < -0.4 is 10.6 Å². The molecule has 1 heterocycles. The summed E-state index contributed by atoms with van der Waals surface area (Å²) in [6.07, 6.45) is 4.02. The maximum atomic E-state index is 12.7. The van der Waals surface area contributed by atoms with E-state index in [2.05, 4.69) is 58.7 Å². The van der Waals surface area contributed by atoms with Gasteiger partial charge in [-0.2, -0.15) is 13.2 Å². The minimum absolute atomic E-state index is 0.266. The van der Waals surface area contributed by atoms with Crippen molar-refractivity contribution in [3.05, 3.63) is 78.5 Å². The van der Waals surface area contributed by atoms with E-state index in [4.69, 9.17) is 0 Å². The summed E-state index contributed by atoms with van der Waals surface area (Å²) in [7, 11) is -0.798. The van der Waals surface area contributed by atoms with Gasteiger partial charge >= 0.3 is 12.2 Å². The van der Waals surface area contributed by atoms with Gasteiger partial charge in [0.15, 0.2) is 0 Å². The van der Waals surface area contributed by atoms with Gasteiger partial charge in [-0.1, -0.05) is 18.2 Å². The van der Waals surface area contributed by atoms with Crippen LogP contribution in [0.4, 0.5) is 29.3 Å². The molecule has 1 aromatic heterocycles. The lowest BCUT2D eigenvalue weighted by molar-refractivity contribution is -0.137. The van der Waals surface area contributed by atoms with Crippen LogP contribution in [0.2, 0.25) is 0 Å². The molecule has 0 radical (unpaired) electrons. The van der Waals surface area contributed by atoms with Crippen molar-refractivity contribution in [2.24, 2.45) is 0 Å². The van der Waals surface area contributed by atoms with E-state index >= 15 is 0 Å². The molecule has 172 valence electrons. The maximum Gasteiger partial charge on any atom is 0.416 e. The highest BCUT2D eigenvalue weighted by Crippen LogP contribution is 2.45. The quantitative estimate of drug-likeness (QED) is 0.283. The Kier molecular flexibility index (Phi) is 5.88. The van der Waals surface area contributed by atoms with E-state index in [0.717, 1.165) is 34.2 Å². The molecule has 0 saturated heterocycles. The van der Waals surface area contributed by atoms with Crippen LogP contribution in [0.25, 0.3) is 22.0 Å². The molecule has 2 amide bonds. The summed E-state index contributed by atoms with van der Waals surface area (Å²) in [5.74, 6) is 0. The third kappa shape index (κ3) is 5.17. The SMILES string of the molecule is CS(C)(C)c1ccc(-c2ccc3[nH]cc(NC(=O)Nc4ccc(C(F)(F)F)cc4)c3c2)cc1. The lowest BCUT2D eigenvalue weighted by atomic mass is 10.0. The fraction of sp³-hybridized carbons (Fsp3) is 0.160. The molecular formula is C25H24F3N3OS. The molecule has 0 saturated carbocycles. The van der Waals surface area contributed by atoms with Crippen molar-refractivity contribution in [3.63, 3.8) is 0 Å². The van der Waals surface area contributed by atoms with E-state index < -0.39 is 27.8 Å². The third-order valence-corrected chi connectivity index (χ3v) is 6.98. The molecule has 0 atom stereocenters. The number of halogens is 3. The van der Waals surface area contributed by atoms with E-state index in [1.54, 1.807) is 6.20 Å². The Morgan fingerprint density at radius 2 is 1.48 bits per heavy atom. The summed E-state index contributed by atoms with van der Waals surface area (Å²) in [5.41, 5.74) is 3.03. The zero-order valence-corrected chi connectivity index (χ0v) is 19.2. The van der Waals surface area contributed by atoms with Gasteiger partial charge in [0.1, 0.15) is 0 Å². The molecule has 3 N–H and O–H groups in total. The van der Waals surface area contributed by atoms with Crippen molar-refractivity contribution in [3.8, 4) is 11.1 Å². The fourth-order valence-electron chi connectivity index (χ4n) is 3.49. The van der Waals surface area contributed by atoms with Crippen LogP contribution in [0.1, 0.15) is 5.56 Å². The van der Waals surface area contributed by atoms with Gasteiger partial charge in [-0.25, -0.2) is 14.8 Å². The summed E-state index contributed by atoms with van der Waals surface area (Å²) >= 11 is 0. The number of rotatable bonds is 4. The molecule has 0 unspecified atom stereocenters. The first-order valence-corrected chi connectivity index (χ1v) is 13.0. The first-order valence-electron chi connectivity index (χ1n) is 10.2. The second-order valence-corrected chi connectivity index (χ2v) is 12.6. The predicted molar refractivity (Wildman–Crippen MR) is 131 cm³/mol. The number of fused-ring (bicyclic) bond motifs is 1. The molecule has 3 aromatic carbocycles. The summed E-state index contributed by atoms with van der Waals surface area (Å²) in [6, 6.07) is 18.2. The van der Waals surface area contributed by atoms with E-state index in [1.807, 2.05) is 18.2 Å². The Hall–Kier alpha value is -3.39. The van der Waals surface area contributed by atoms with Gasteiger partial charge < -0.3 is 15.6 Å². The standard InChI is InChI=1S/C25H24F3N3OS/c1-33(2,3)20-11-4-16(5-12-20)17-6-13-22-21(14-17)23(15-29-22)31-24(32)30-19-9-7-18(8-10-19)25(26,27)28/h4-15,29H,1-3H3,(H2,30,31,32). The molecule has 8 heteroatoms. The van der Waals surface area contributed by atoms with Gasteiger partial charge in [-0.15, -0.1) is 0 Å². The molecule has 4 aromatic rings. The monoisotopic (exact) mass is 471 g/mol. The number of urea groups is 1. The number of benzene rings is 3. The van der Waals surface area contributed by atoms with Gasteiger partial charge in [-0.3, -0.25) is 0 Å². The topological polar surface area (TPSA) is 56.9 Å². The number of anilines is 2. The van der Waals surface area contributed by atoms with E-state index in [1.165, 1.54) is 17.0 Å². The molecular weight excluding hydrogens is 447 g/mol. The Morgan fingerprint density at radius 3 is 2.09 bits per heavy atom. The Bertz CT molecular complexity index is 1290. The second kappa shape index (κ2) is 8.51. The number of aromatic amines is 1. The minimum Gasteiger partial charge on any atom is -0.359 e. The Labute approximate surface area is 191 Å². The smallest absolute Gasteiger partial charge is 0.359 e. The highest BCUT2D eigenvalue weighted by molar-refractivity contribution is 8.32. The molecule has 0 aliphatic rings. The fourth-order valence-corrected chi connectivity index (χ4v) is 4.44. The molecule has 33 heavy (non-hydrogen) atoms. The van der Waals surface area contributed by atoms with Crippen molar-refractivity contribution >= 4 is 38.3 Å². The lowest BCUT2D eigenvalue weighted by Crippen LogP contribution is -2.19. The summed E-state index contributed by atoms with van der Waals surface area (Å²) in [4.78, 5) is 16.9. The first-order chi connectivity index (χ1) is 15.5. The van der Waals surface area contributed by atoms with Crippen molar-refractivity contribution in [2.45, 2.75) is 11.1 Å². The zero-order valence-electron chi connectivity index (χ0n) is 18.4. The van der Waals surface area contributed by atoms with Crippen LogP contribution in [-0.4, -0.2) is 29.8 Å². The number of hydrogen-bond donors (Lipinski definition) is 3. The largest absolute Gasteiger partial charge is 0.416 e. The number of aromatic nitrogens is 1. The van der Waals surface area contributed by atoms with Crippen molar-refractivity contribution in [1.82, 2.24) is 4.98 Å². The highest BCUT2D eigenvalue weighted by Gasteiger charge is 2.30. The molecule has 0 aliphatic heterocycles. The van der Waals surface area contributed by atoms with E-state index in [0.29, 0.717) is 5.69 Å². The predicted octanol–water partition coefficient (Wildman–Crippen LogP) is 7.55. The number of carbonyl (C=O) groups is 1. The van der Waals surface area contributed by atoms with E-state index in [9.17, 15) is 18.0 Å². The number of H-pyrrole nitrogens is 1. The van der Waals surface area contributed by atoms with Crippen molar-refractivity contribution < 1.29 is 18.0 Å². The van der Waals surface area contributed by atoms with Gasteiger partial charge in [0, 0.05) is 22.8 Å². The minimum atomic E-state index is -4.42. The van der Waals surface area contributed by atoms with Crippen LogP contribution >= 0.6 is 10.0 Å². The molecule has 0 aliphatic carbocycles. The molecule has 0 spiro atoms. The third-order valence-electron chi connectivity index (χ3n) is 5.29. The van der Waals surface area contributed by atoms with Crippen LogP contribution in [-0.2, 0) is 6.18 Å². The Balaban J connectivity index is 1.52. The normalized spacial score (nSPS) is 12.5. The van der Waals surface area contributed by atoms with Gasteiger partial charge in [-0.05, 0) is 83.3 Å². The van der Waals surface area contributed by atoms with Gasteiger partial charge in [0.2, 0.25) is 0 Å². The summed E-state index contributed by atoms with van der Waals surface area (Å²) < 4.78 is 38.1. The Morgan fingerprint density at radius 1 is 0.848 bits per heavy atom. The van der Waals surface area contributed by atoms with Crippen LogP contribution in [0.15, 0.2) is 77.8 Å². The van der Waals surface area contributed by atoms with Crippen LogP contribution in [0.3, 0.4) is 0 Å². The zero-order chi connectivity index (χ0) is 23.8. The average Bonchev–Trinajstić information content (AvgIpc) is 3.15. The molecule has 0 bridgehead atoms. The van der Waals surface area contributed by atoms with Crippen LogP contribution in [0, 0.1) is 0 Å². The number of carbonyl (C=O) groups excluding carboxylic acids is 1. The average molecular weight is 472 g/mol. The number of amides is 2. The van der Waals surface area contributed by atoms with E-state index in [-0.39, 0.29) is 5.69 Å². The lowest BCUT2D eigenvalue weighted by Gasteiger charge is -2.25. The number of hydrogen-bond acceptors (Lipinski definition) is 1. The van der Waals surface area contributed by atoms with Crippen molar-refractivity contribution in [2.75, 3.05) is 29.4 Å². The van der Waals surface area contributed by atoms with Crippen LogP contribution in [0.5, 0.6) is 0 Å². The molecule has 0 fully saturated rings. The first kappa shape index (κ1) is 22.8. The summed E-state index contributed by atoms with van der Waals surface area (Å²) in [5, 5.41) is 6.16. The molecule has 4 nitrogen and oxygen atoms in total. The van der Waals surface area contributed by atoms with Gasteiger partial charge in [0.05, 0.1) is 11.3 Å².